The number of ether oxygens (including phenoxy) is 1. The Kier molecular flexibility index (Phi) is 4.96. The highest BCUT2D eigenvalue weighted by Gasteiger charge is 2.33. The first-order chi connectivity index (χ1) is 9.37. The van der Waals surface area contributed by atoms with Crippen LogP contribution in [0.4, 0.5) is 13.2 Å². The smallest absolute Gasteiger partial charge is 0.401 e. The van der Waals surface area contributed by atoms with Crippen LogP contribution in [-0.2, 0) is 6.42 Å². The van der Waals surface area contributed by atoms with Gasteiger partial charge in [0.15, 0.2) is 0 Å². The molecular formula is C14H17BrF3NO. The number of rotatable bonds is 5. The summed E-state index contributed by atoms with van der Waals surface area (Å²) in [7, 11) is 0. The van der Waals surface area contributed by atoms with Crippen LogP contribution in [0.5, 0.6) is 5.75 Å². The van der Waals surface area contributed by atoms with Gasteiger partial charge in [-0.3, -0.25) is 4.90 Å². The average molecular weight is 352 g/mol. The minimum Gasteiger partial charge on any atom is -0.488 e. The maximum atomic E-state index is 12.5. The molecule has 1 aromatic carbocycles. The summed E-state index contributed by atoms with van der Waals surface area (Å²) in [4.78, 5) is 1.39. The molecule has 6 heteroatoms. The minimum atomic E-state index is -4.18. The van der Waals surface area contributed by atoms with Crippen LogP contribution >= 0.6 is 15.9 Å². The van der Waals surface area contributed by atoms with Gasteiger partial charge in [-0.05, 0) is 18.6 Å². The number of hydrogen-bond acceptors (Lipinski definition) is 2. The third-order valence-electron chi connectivity index (χ3n) is 3.22. The fraction of sp³-hybridized carbons (Fsp3) is 0.571. The molecule has 1 heterocycles. The summed E-state index contributed by atoms with van der Waals surface area (Å²) in [6.07, 6.45) is -3.70. The lowest BCUT2D eigenvalue weighted by Gasteiger charge is -2.25. The van der Waals surface area contributed by atoms with E-state index < -0.39 is 12.7 Å². The Labute approximate surface area is 125 Å². The van der Waals surface area contributed by atoms with E-state index in [4.69, 9.17) is 4.74 Å². The van der Waals surface area contributed by atoms with Gasteiger partial charge in [0, 0.05) is 24.8 Å². The van der Waals surface area contributed by atoms with Gasteiger partial charge in [0.1, 0.15) is 11.9 Å². The minimum absolute atomic E-state index is 0.201. The monoisotopic (exact) mass is 351 g/mol. The van der Waals surface area contributed by atoms with Crippen molar-refractivity contribution in [1.29, 1.82) is 0 Å². The van der Waals surface area contributed by atoms with E-state index in [0.717, 1.165) is 16.9 Å². The van der Waals surface area contributed by atoms with Crippen LogP contribution in [0.15, 0.2) is 18.2 Å². The molecule has 2 rings (SSSR count). The summed E-state index contributed by atoms with van der Waals surface area (Å²) in [5.41, 5.74) is 2.22. The summed E-state index contributed by atoms with van der Waals surface area (Å²) >= 11 is 3.19. The standard InChI is InChI=1S/C14H17BrF3NO/c1-10-2-3-13-11(6-10)7-12(20-13)8-19(5-4-15)9-14(16,17)18/h2-3,6,12H,4-5,7-9H2,1H3. The van der Waals surface area contributed by atoms with E-state index in [0.29, 0.717) is 24.8 Å². The fourth-order valence-electron chi connectivity index (χ4n) is 2.45. The van der Waals surface area contributed by atoms with Gasteiger partial charge in [0.25, 0.3) is 0 Å². The van der Waals surface area contributed by atoms with Crippen molar-refractivity contribution in [3.05, 3.63) is 29.3 Å². The lowest BCUT2D eigenvalue weighted by Crippen LogP contribution is -2.41. The molecule has 0 radical (unpaired) electrons. The van der Waals surface area contributed by atoms with Crippen LogP contribution < -0.4 is 4.74 Å². The molecule has 0 N–H and O–H groups in total. The second-order valence-corrected chi connectivity index (χ2v) is 5.89. The summed E-state index contributed by atoms with van der Waals surface area (Å²) in [5, 5.41) is 0.516. The summed E-state index contributed by atoms with van der Waals surface area (Å²) < 4.78 is 43.3. The molecule has 0 saturated heterocycles. The van der Waals surface area contributed by atoms with E-state index in [1.54, 1.807) is 0 Å². The van der Waals surface area contributed by atoms with Crippen LogP contribution in [0.3, 0.4) is 0 Å². The Hall–Kier alpha value is -0.750. The van der Waals surface area contributed by atoms with E-state index in [-0.39, 0.29) is 6.10 Å². The number of benzene rings is 1. The first-order valence-electron chi connectivity index (χ1n) is 6.48. The van der Waals surface area contributed by atoms with Crippen molar-refractivity contribution < 1.29 is 17.9 Å². The zero-order valence-electron chi connectivity index (χ0n) is 11.2. The zero-order chi connectivity index (χ0) is 14.8. The van der Waals surface area contributed by atoms with Gasteiger partial charge >= 0.3 is 6.18 Å². The molecule has 20 heavy (non-hydrogen) atoms. The second-order valence-electron chi connectivity index (χ2n) is 5.09. The first-order valence-corrected chi connectivity index (χ1v) is 7.61. The largest absolute Gasteiger partial charge is 0.488 e. The zero-order valence-corrected chi connectivity index (χ0v) is 12.8. The predicted octanol–water partition coefficient (Wildman–Crippen LogP) is 3.56. The Bertz CT molecular complexity index is 464. The van der Waals surface area contributed by atoms with E-state index in [2.05, 4.69) is 15.9 Å². The lowest BCUT2D eigenvalue weighted by molar-refractivity contribution is -0.147. The Morgan fingerprint density at radius 1 is 1.40 bits per heavy atom. The number of alkyl halides is 4. The van der Waals surface area contributed by atoms with Crippen LogP contribution in [0.25, 0.3) is 0 Å². The van der Waals surface area contributed by atoms with Crippen LogP contribution in [0.2, 0.25) is 0 Å². The van der Waals surface area contributed by atoms with Crippen LogP contribution in [0, 0.1) is 6.92 Å². The molecular weight excluding hydrogens is 335 g/mol. The molecule has 0 bridgehead atoms. The quantitative estimate of drug-likeness (QED) is 0.752. The highest BCUT2D eigenvalue weighted by atomic mass is 79.9. The molecule has 0 saturated carbocycles. The first kappa shape index (κ1) is 15.6. The Morgan fingerprint density at radius 2 is 2.15 bits per heavy atom. The van der Waals surface area contributed by atoms with Gasteiger partial charge in [-0.15, -0.1) is 0 Å². The highest BCUT2D eigenvalue weighted by Crippen LogP contribution is 2.30. The molecule has 1 unspecified atom stereocenters. The molecule has 1 aliphatic rings. The van der Waals surface area contributed by atoms with Crippen molar-refractivity contribution in [2.45, 2.75) is 25.6 Å². The van der Waals surface area contributed by atoms with Gasteiger partial charge in [-0.1, -0.05) is 33.6 Å². The van der Waals surface area contributed by atoms with Gasteiger partial charge in [-0.2, -0.15) is 13.2 Å². The molecule has 0 aromatic heterocycles. The predicted molar refractivity (Wildman–Crippen MR) is 75.6 cm³/mol. The van der Waals surface area contributed by atoms with E-state index >= 15 is 0 Å². The van der Waals surface area contributed by atoms with Crippen LogP contribution in [-0.4, -0.2) is 42.1 Å². The topological polar surface area (TPSA) is 12.5 Å². The average Bonchev–Trinajstić information content (AvgIpc) is 2.68. The summed E-state index contributed by atoms with van der Waals surface area (Å²) in [5.74, 6) is 0.798. The SMILES string of the molecule is Cc1ccc2c(c1)CC(CN(CCBr)CC(F)(F)F)O2. The molecule has 0 aliphatic carbocycles. The second kappa shape index (κ2) is 6.35. The van der Waals surface area contributed by atoms with Gasteiger partial charge in [0.2, 0.25) is 0 Å². The number of fused-ring (bicyclic) bond motifs is 1. The van der Waals surface area contributed by atoms with Crippen molar-refractivity contribution in [3.63, 3.8) is 0 Å². The number of aryl methyl sites for hydroxylation is 1. The molecule has 1 aliphatic heterocycles. The van der Waals surface area contributed by atoms with Crippen molar-refractivity contribution in [2.75, 3.05) is 25.0 Å². The maximum Gasteiger partial charge on any atom is 0.401 e. The molecule has 1 aromatic rings. The number of nitrogens with zero attached hydrogens (tertiary/aromatic N) is 1. The normalized spacial score (nSPS) is 18.2. The molecule has 1 atom stereocenters. The molecule has 0 fully saturated rings. The van der Waals surface area contributed by atoms with Crippen molar-refractivity contribution >= 4 is 15.9 Å². The third kappa shape index (κ3) is 4.38. The molecule has 112 valence electrons. The van der Waals surface area contributed by atoms with Gasteiger partial charge in [-0.25, -0.2) is 0 Å². The Balaban J connectivity index is 1.96. The van der Waals surface area contributed by atoms with E-state index in [1.807, 2.05) is 25.1 Å². The van der Waals surface area contributed by atoms with E-state index in [1.165, 1.54) is 4.90 Å². The molecule has 0 amide bonds. The van der Waals surface area contributed by atoms with Crippen molar-refractivity contribution in [3.8, 4) is 5.75 Å². The van der Waals surface area contributed by atoms with Crippen molar-refractivity contribution in [2.24, 2.45) is 0 Å². The number of halogens is 4. The summed E-state index contributed by atoms with van der Waals surface area (Å²) in [6, 6.07) is 5.88. The number of hydrogen-bond donors (Lipinski definition) is 0. The maximum absolute atomic E-state index is 12.5. The fourth-order valence-corrected chi connectivity index (χ4v) is 2.95. The third-order valence-corrected chi connectivity index (χ3v) is 3.58. The lowest BCUT2D eigenvalue weighted by atomic mass is 10.1. The summed E-state index contributed by atoms with van der Waals surface area (Å²) in [6.45, 7) is 1.75. The molecule has 2 nitrogen and oxygen atoms in total. The Morgan fingerprint density at radius 3 is 2.80 bits per heavy atom. The van der Waals surface area contributed by atoms with Crippen LogP contribution in [0.1, 0.15) is 11.1 Å². The van der Waals surface area contributed by atoms with Gasteiger partial charge < -0.3 is 4.74 Å². The van der Waals surface area contributed by atoms with Gasteiger partial charge in [0.05, 0.1) is 6.54 Å². The van der Waals surface area contributed by atoms with E-state index in [9.17, 15) is 13.2 Å². The molecule has 0 spiro atoms. The highest BCUT2D eigenvalue weighted by molar-refractivity contribution is 9.09. The van der Waals surface area contributed by atoms with Crippen molar-refractivity contribution in [1.82, 2.24) is 4.90 Å².